The van der Waals surface area contributed by atoms with Crippen LogP contribution in [0.4, 0.5) is 5.69 Å². The Bertz CT molecular complexity index is 963. The van der Waals surface area contributed by atoms with Crippen molar-refractivity contribution in [3.8, 4) is 0 Å². The third kappa shape index (κ3) is 3.86. The van der Waals surface area contributed by atoms with Gasteiger partial charge in [-0.05, 0) is 31.5 Å². The molecule has 0 saturated heterocycles. The number of rotatable bonds is 6. The summed E-state index contributed by atoms with van der Waals surface area (Å²) in [5.74, 6) is -1.41. The van der Waals surface area contributed by atoms with Crippen LogP contribution in [0.15, 0.2) is 42.5 Å². The van der Waals surface area contributed by atoms with Crippen molar-refractivity contribution in [3.63, 3.8) is 0 Å². The maximum absolute atomic E-state index is 12.7. The van der Waals surface area contributed by atoms with Crippen LogP contribution >= 0.6 is 0 Å². The molecule has 144 valence electrons. The van der Waals surface area contributed by atoms with Crippen molar-refractivity contribution in [2.75, 3.05) is 5.32 Å². The van der Waals surface area contributed by atoms with Gasteiger partial charge in [-0.25, -0.2) is 0 Å². The molecule has 28 heavy (non-hydrogen) atoms. The van der Waals surface area contributed by atoms with Crippen molar-refractivity contribution in [1.82, 2.24) is 0 Å². The first-order valence-corrected chi connectivity index (χ1v) is 9.25. The van der Waals surface area contributed by atoms with Gasteiger partial charge in [-0.15, -0.1) is 0 Å². The summed E-state index contributed by atoms with van der Waals surface area (Å²) in [6, 6.07) is 11.2. The number of hydrogen-bond acceptors (Lipinski definition) is 5. The second-order valence-electron chi connectivity index (χ2n) is 6.69. The Balaban J connectivity index is 1.75. The molecule has 3 rings (SSSR count). The summed E-state index contributed by atoms with van der Waals surface area (Å²) >= 11 is 0. The van der Waals surface area contributed by atoms with E-state index in [1.165, 1.54) is 19.1 Å². The number of hydrogen-bond donors (Lipinski definition) is 1. The van der Waals surface area contributed by atoms with Crippen LogP contribution in [-0.4, -0.2) is 29.5 Å². The minimum absolute atomic E-state index is 0.221. The van der Waals surface area contributed by atoms with E-state index in [-0.39, 0.29) is 23.6 Å². The molecule has 0 aromatic heterocycles. The Morgan fingerprint density at radius 1 is 0.964 bits per heavy atom. The zero-order valence-electron chi connectivity index (χ0n) is 15.8. The number of esters is 1. The molecule has 0 saturated carbocycles. The van der Waals surface area contributed by atoms with Crippen LogP contribution in [0.1, 0.15) is 65.0 Å². The maximum Gasteiger partial charge on any atom is 0.306 e. The highest BCUT2D eigenvalue weighted by atomic mass is 16.5. The third-order valence-corrected chi connectivity index (χ3v) is 4.60. The van der Waals surface area contributed by atoms with E-state index >= 15 is 0 Å². The highest BCUT2D eigenvalue weighted by Gasteiger charge is 2.29. The summed E-state index contributed by atoms with van der Waals surface area (Å²) in [7, 11) is 0. The number of anilines is 1. The van der Waals surface area contributed by atoms with Crippen molar-refractivity contribution >= 4 is 29.1 Å². The van der Waals surface area contributed by atoms with Gasteiger partial charge in [0.05, 0.1) is 0 Å². The van der Waals surface area contributed by atoms with E-state index in [2.05, 4.69) is 5.32 Å². The largest absolute Gasteiger partial charge is 0.453 e. The fourth-order valence-electron chi connectivity index (χ4n) is 3.05. The van der Waals surface area contributed by atoms with Crippen LogP contribution < -0.4 is 5.32 Å². The Kier molecular flexibility index (Phi) is 5.68. The van der Waals surface area contributed by atoms with Crippen LogP contribution in [0.3, 0.4) is 0 Å². The number of unbranched alkanes of at least 4 members (excludes halogenated alkanes) is 1. The van der Waals surface area contributed by atoms with E-state index in [9.17, 15) is 19.2 Å². The summed E-state index contributed by atoms with van der Waals surface area (Å²) in [6.07, 6.45) is 0.873. The lowest BCUT2D eigenvalue weighted by molar-refractivity contribution is -0.153. The lowest BCUT2D eigenvalue weighted by atomic mass is 9.84. The molecular formula is C22H21NO5. The predicted molar refractivity (Wildman–Crippen MR) is 103 cm³/mol. The molecule has 1 amide bonds. The molecule has 0 unspecified atom stereocenters. The second kappa shape index (κ2) is 8.17. The molecule has 1 aliphatic rings. The molecule has 1 N–H and O–H groups in total. The quantitative estimate of drug-likeness (QED) is 0.662. The maximum atomic E-state index is 12.7. The molecule has 0 fully saturated rings. The Labute approximate surface area is 162 Å². The van der Waals surface area contributed by atoms with Crippen molar-refractivity contribution in [2.45, 2.75) is 39.2 Å². The van der Waals surface area contributed by atoms with Gasteiger partial charge in [0.15, 0.2) is 17.7 Å². The second-order valence-corrected chi connectivity index (χ2v) is 6.69. The monoisotopic (exact) mass is 379 g/mol. The van der Waals surface area contributed by atoms with Gasteiger partial charge < -0.3 is 10.1 Å². The van der Waals surface area contributed by atoms with Gasteiger partial charge in [0.1, 0.15) is 0 Å². The summed E-state index contributed by atoms with van der Waals surface area (Å²) in [5.41, 5.74) is 1.64. The minimum atomic E-state index is -0.960. The molecule has 0 heterocycles. The highest BCUT2D eigenvalue weighted by Crippen LogP contribution is 2.29. The van der Waals surface area contributed by atoms with Gasteiger partial charge in [-0.3, -0.25) is 19.2 Å². The van der Waals surface area contributed by atoms with Crippen LogP contribution in [0.25, 0.3) is 0 Å². The van der Waals surface area contributed by atoms with Gasteiger partial charge in [-0.1, -0.05) is 37.6 Å². The van der Waals surface area contributed by atoms with E-state index in [1.54, 1.807) is 30.3 Å². The van der Waals surface area contributed by atoms with E-state index in [0.29, 0.717) is 28.8 Å². The van der Waals surface area contributed by atoms with Crippen molar-refractivity contribution in [1.29, 1.82) is 0 Å². The van der Waals surface area contributed by atoms with E-state index in [0.717, 1.165) is 6.42 Å². The summed E-state index contributed by atoms with van der Waals surface area (Å²) in [5, 5.41) is 2.63. The van der Waals surface area contributed by atoms with Crippen molar-refractivity contribution in [2.24, 2.45) is 0 Å². The summed E-state index contributed by atoms with van der Waals surface area (Å²) < 4.78 is 5.11. The predicted octanol–water partition coefficient (Wildman–Crippen LogP) is 3.52. The fraction of sp³-hybridized carbons (Fsp3) is 0.273. The minimum Gasteiger partial charge on any atom is -0.453 e. The number of ether oxygens (including phenoxy) is 1. The van der Waals surface area contributed by atoms with Gasteiger partial charge in [0, 0.05) is 34.4 Å². The van der Waals surface area contributed by atoms with Crippen LogP contribution in [0, 0.1) is 0 Å². The van der Waals surface area contributed by atoms with Crippen molar-refractivity contribution in [3.05, 3.63) is 64.7 Å². The molecule has 1 atom stereocenters. The zero-order valence-corrected chi connectivity index (χ0v) is 15.8. The SMILES string of the molecule is CCCCC(=O)O[C@@H](C)C(=O)Nc1ccc2c(c1)C(=O)c1ccccc1C2=O. The lowest BCUT2D eigenvalue weighted by Crippen LogP contribution is -2.30. The van der Waals surface area contributed by atoms with Gasteiger partial charge >= 0.3 is 5.97 Å². The molecule has 0 bridgehead atoms. The van der Waals surface area contributed by atoms with E-state index in [4.69, 9.17) is 4.74 Å². The third-order valence-electron chi connectivity index (χ3n) is 4.60. The molecule has 6 heteroatoms. The lowest BCUT2D eigenvalue weighted by Gasteiger charge is -2.19. The first-order chi connectivity index (χ1) is 13.4. The molecule has 0 aliphatic heterocycles. The van der Waals surface area contributed by atoms with Crippen LogP contribution in [-0.2, 0) is 14.3 Å². The topological polar surface area (TPSA) is 89.5 Å². The number of carbonyl (C=O) groups is 4. The molecule has 2 aromatic rings. The average molecular weight is 379 g/mol. The molecular weight excluding hydrogens is 358 g/mol. The molecule has 6 nitrogen and oxygen atoms in total. The highest BCUT2D eigenvalue weighted by molar-refractivity contribution is 6.28. The smallest absolute Gasteiger partial charge is 0.306 e. The number of carbonyl (C=O) groups excluding carboxylic acids is 4. The molecule has 1 aliphatic carbocycles. The molecule has 0 spiro atoms. The normalized spacial score (nSPS) is 13.4. The first kappa shape index (κ1) is 19.5. The first-order valence-electron chi connectivity index (χ1n) is 9.25. The number of ketones is 2. The fourth-order valence-corrected chi connectivity index (χ4v) is 3.05. The van der Waals surface area contributed by atoms with Crippen LogP contribution in [0.2, 0.25) is 0 Å². The summed E-state index contributed by atoms with van der Waals surface area (Å²) in [6.45, 7) is 3.45. The standard InChI is InChI=1S/C22H21NO5/c1-3-4-9-19(24)28-13(2)22(27)23-14-10-11-17-18(12-14)21(26)16-8-6-5-7-15(16)20(17)25/h5-8,10-13H,3-4,9H2,1-2H3,(H,23,27)/t13-/m0/s1. The number of amides is 1. The summed E-state index contributed by atoms with van der Waals surface area (Å²) in [4.78, 5) is 49.3. The number of benzene rings is 2. The number of fused-ring (bicyclic) bond motifs is 2. The Hall–Kier alpha value is -3.28. The van der Waals surface area contributed by atoms with Crippen molar-refractivity contribution < 1.29 is 23.9 Å². The zero-order chi connectivity index (χ0) is 20.3. The van der Waals surface area contributed by atoms with E-state index in [1.807, 2.05) is 6.92 Å². The molecule has 0 radical (unpaired) electrons. The van der Waals surface area contributed by atoms with Gasteiger partial charge in [0.25, 0.3) is 5.91 Å². The van der Waals surface area contributed by atoms with Gasteiger partial charge in [-0.2, -0.15) is 0 Å². The van der Waals surface area contributed by atoms with Crippen LogP contribution in [0.5, 0.6) is 0 Å². The number of nitrogens with one attached hydrogen (secondary N) is 1. The Morgan fingerprint density at radius 2 is 1.57 bits per heavy atom. The Morgan fingerprint density at radius 3 is 2.21 bits per heavy atom. The molecule has 2 aromatic carbocycles. The van der Waals surface area contributed by atoms with E-state index < -0.39 is 18.0 Å². The van der Waals surface area contributed by atoms with Gasteiger partial charge in [0.2, 0.25) is 0 Å². The average Bonchev–Trinajstić information content (AvgIpc) is 2.70.